The Morgan fingerprint density at radius 1 is 1.11 bits per heavy atom. The summed E-state index contributed by atoms with van der Waals surface area (Å²) in [5.41, 5.74) is 0.961. The molecule has 9 heteroatoms. The minimum Gasteiger partial charge on any atom is -0.497 e. The monoisotopic (exact) mass is 509 g/mol. The SMILES string of the molecule is COc1ccc(NC(=O)C2C3NC(=S)N(c4cccc(Cl)c4)C2(C)Oc2c(OC)cccc23)cc1. The van der Waals surface area contributed by atoms with Gasteiger partial charge >= 0.3 is 0 Å². The number of thiocarbonyl (C=S) groups is 1. The van der Waals surface area contributed by atoms with Crippen LogP contribution in [0.4, 0.5) is 11.4 Å². The molecule has 3 unspecified atom stereocenters. The lowest BCUT2D eigenvalue weighted by Gasteiger charge is -2.56. The predicted molar refractivity (Wildman–Crippen MR) is 140 cm³/mol. The van der Waals surface area contributed by atoms with Crippen molar-refractivity contribution in [2.24, 2.45) is 5.92 Å². The van der Waals surface area contributed by atoms with Gasteiger partial charge in [0.1, 0.15) is 11.7 Å². The van der Waals surface area contributed by atoms with Crippen LogP contribution < -0.4 is 29.7 Å². The molecule has 3 aromatic rings. The molecular formula is C26H24ClN3O4S. The highest BCUT2D eigenvalue weighted by Gasteiger charge is 2.59. The van der Waals surface area contributed by atoms with Gasteiger partial charge in [0.05, 0.1) is 20.3 Å². The Morgan fingerprint density at radius 3 is 2.54 bits per heavy atom. The van der Waals surface area contributed by atoms with Gasteiger partial charge in [-0.3, -0.25) is 9.69 Å². The maximum Gasteiger partial charge on any atom is 0.236 e. The number of carbonyl (C=O) groups excluding carboxylic acids is 1. The molecule has 0 radical (unpaired) electrons. The topological polar surface area (TPSA) is 72.1 Å². The lowest BCUT2D eigenvalue weighted by Crippen LogP contribution is -2.72. The highest BCUT2D eigenvalue weighted by molar-refractivity contribution is 7.80. The van der Waals surface area contributed by atoms with E-state index in [9.17, 15) is 4.79 Å². The van der Waals surface area contributed by atoms with Gasteiger partial charge in [-0.25, -0.2) is 0 Å². The Balaban J connectivity index is 1.62. The molecule has 2 aliphatic heterocycles. The highest BCUT2D eigenvalue weighted by Crippen LogP contribution is 2.52. The Kier molecular flexibility index (Phi) is 5.94. The van der Waals surface area contributed by atoms with Crippen molar-refractivity contribution >= 4 is 46.2 Å². The number of amides is 1. The number of para-hydroxylation sites is 1. The van der Waals surface area contributed by atoms with Crippen LogP contribution in [-0.2, 0) is 4.79 Å². The minimum absolute atomic E-state index is 0.224. The van der Waals surface area contributed by atoms with Gasteiger partial charge < -0.3 is 24.8 Å². The van der Waals surface area contributed by atoms with Crippen LogP contribution in [0.1, 0.15) is 18.5 Å². The third-order valence-corrected chi connectivity index (χ3v) is 6.95. The zero-order valence-corrected chi connectivity index (χ0v) is 20.9. The summed E-state index contributed by atoms with van der Waals surface area (Å²) < 4.78 is 17.5. The van der Waals surface area contributed by atoms with E-state index in [1.54, 1.807) is 55.5 Å². The van der Waals surface area contributed by atoms with E-state index in [0.717, 1.165) is 5.56 Å². The van der Waals surface area contributed by atoms with E-state index in [1.807, 2.05) is 37.3 Å². The van der Waals surface area contributed by atoms with Crippen molar-refractivity contribution in [3.05, 3.63) is 77.3 Å². The van der Waals surface area contributed by atoms with Crippen molar-refractivity contribution in [1.82, 2.24) is 5.32 Å². The van der Waals surface area contributed by atoms with Crippen LogP contribution in [0, 0.1) is 5.92 Å². The average Bonchev–Trinajstić information content (AvgIpc) is 2.83. The molecule has 3 aromatic carbocycles. The molecule has 1 saturated heterocycles. The Hall–Kier alpha value is -3.49. The number of halogens is 1. The first-order valence-corrected chi connectivity index (χ1v) is 11.8. The molecule has 35 heavy (non-hydrogen) atoms. The normalized spacial score (nSPS) is 22.4. The van der Waals surface area contributed by atoms with Gasteiger partial charge in [-0.1, -0.05) is 29.8 Å². The van der Waals surface area contributed by atoms with E-state index in [-0.39, 0.29) is 5.91 Å². The van der Waals surface area contributed by atoms with Gasteiger partial charge in [0.25, 0.3) is 0 Å². The largest absolute Gasteiger partial charge is 0.497 e. The number of methoxy groups -OCH3 is 2. The van der Waals surface area contributed by atoms with Gasteiger partial charge in [0.15, 0.2) is 22.3 Å². The molecule has 0 aromatic heterocycles. The van der Waals surface area contributed by atoms with E-state index in [1.165, 1.54) is 0 Å². The fourth-order valence-corrected chi connectivity index (χ4v) is 5.43. The number of nitrogens with zero attached hydrogens (tertiary/aromatic N) is 1. The first-order chi connectivity index (χ1) is 16.9. The summed E-state index contributed by atoms with van der Waals surface area (Å²) in [6, 6.07) is 19.6. The van der Waals surface area contributed by atoms with Gasteiger partial charge in [0.2, 0.25) is 5.91 Å². The summed E-state index contributed by atoms with van der Waals surface area (Å²) in [7, 11) is 3.19. The molecule has 0 aliphatic carbocycles. The molecule has 180 valence electrons. The van der Waals surface area contributed by atoms with E-state index in [0.29, 0.717) is 38.8 Å². The molecule has 2 heterocycles. The van der Waals surface area contributed by atoms with Gasteiger partial charge in [0, 0.05) is 22.0 Å². The van der Waals surface area contributed by atoms with Crippen molar-refractivity contribution in [2.45, 2.75) is 18.7 Å². The molecule has 3 atom stereocenters. The molecule has 7 nitrogen and oxygen atoms in total. The maximum absolute atomic E-state index is 13.9. The Bertz CT molecular complexity index is 1300. The van der Waals surface area contributed by atoms with Crippen molar-refractivity contribution in [3.8, 4) is 17.2 Å². The van der Waals surface area contributed by atoms with Crippen LogP contribution in [0.15, 0.2) is 66.7 Å². The molecule has 2 N–H and O–H groups in total. The summed E-state index contributed by atoms with van der Waals surface area (Å²) in [6.07, 6.45) is 0. The second-order valence-electron chi connectivity index (χ2n) is 8.47. The lowest BCUT2D eigenvalue weighted by atomic mass is 9.78. The number of carbonyl (C=O) groups is 1. The summed E-state index contributed by atoms with van der Waals surface area (Å²) >= 11 is 12.1. The first kappa shape index (κ1) is 23.3. The summed E-state index contributed by atoms with van der Waals surface area (Å²) in [6.45, 7) is 1.86. The Labute approximate surface area is 213 Å². The highest BCUT2D eigenvalue weighted by atomic mass is 35.5. The third-order valence-electron chi connectivity index (χ3n) is 6.42. The van der Waals surface area contributed by atoms with Gasteiger partial charge in [-0.15, -0.1) is 0 Å². The van der Waals surface area contributed by atoms with Crippen LogP contribution in [-0.4, -0.2) is 31.0 Å². The molecular weight excluding hydrogens is 486 g/mol. The predicted octanol–water partition coefficient (Wildman–Crippen LogP) is 5.16. The molecule has 2 aliphatic rings. The van der Waals surface area contributed by atoms with Crippen molar-refractivity contribution in [3.63, 3.8) is 0 Å². The van der Waals surface area contributed by atoms with Crippen molar-refractivity contribution in [1.29, 1.82) is 0 Å². The van der Waals surface area contributed by atoms with Crippen LogP contribution >= 0.6 is 23.8 Å². The average molecular weight is 510 g/mol. The van der Waals surface area contributed by atoms with Crippen LogP contribution in [0.3, 0.4) is 0 Å². The number of nitrogens with one attached hydrogen (secondary N) is 2. The molecule has 0 saturated carbocycles. The summed E-state index contributed by atoms with van der Waals surface area (Å²) in [4.78, 5) is 15.7. The molecule has 0 spiro atoms. The zero-order valence-electron chi connectivity index (χ0n) is 19.4. The fourth-order valence-electron chi connectivity index (χ4n) is 4.83. The van der Waals surface area contributed by atoms with Gasteiger partial charge in [-0.2, -0.15) is 0 Å². The third kappa shape index (κ3) is 3.92. The number of anilines is 2. The smallest absolute Gasteiger partial charge is 0.236 e. The van der Waals surface area contributed by atoms with Crippen LogP contribution in [0.2, 0.25) is 5.02 Å². The minimum atomic E-state index is -1.18. The standard InChI is InChI=1S/C26H24ClN3O4S/c1-26-21(24(31)28-16-10-12-18(32-2)13-11-16)22(19-8-5-9-20(33-3)23(19)34-26)29-25(35)30(26)17-7-4-6-15(27)14-17/h4-14,21-22H,1-3H3,(H,28,31)(H,29,35). The number of fused-ring (bicyclic) bond motifs is 4. The molecule has 1 amide bonds. The summed E-state index contributed by atoms with van der Waals surface area (Å²) in [5, 5.41) is 7.39. The fraction of sp³-hybridized carbons (Fsp3) is 0.231. The number of hydrogen-bond donors (Lipinski definition) is 2. The van der Waals surface area contributed by atoms with Crippen molar-refractivity contribution < 1.29 is 19.0 Å². The first-order valence-electron chi connectivity index (χ1n) is 11.0. The molecule has 2 bridgehead atoms. The van der Waals surface area contributed by atoms with Crippen LogP contribution in [0.5, 0.6) is 17.2 Å². The Morgan fingerprint density at radius 2 is 1.86 bits per heavy atom. The number of benzene rings is 3. The van der Waals surface area contributed by atoms with E-state index >= 15 is 0 Å². The lowest BCUT2D eigenvalue weighted by molar-refractivity contribution is -0.130. The van der Waals surface area contributed by atoms with Crippen molar-refractivity contribution in [2.75, 3.05) is 24.4 Å². The number of hydrogen-bond acceptors (Lipinski definition) is 5. The molecule has 5 rings (SSSR count). The van der Waals surface area contributed by atoms with E-state index < -0.39 is 17.7 Å². The van der Waals surface area contributed by atoms with E-state index in [2.05, 4.69) is 10.6 Å². The van der Waals surface area contributed by atoms with E-state index in [4.69, 9.17) is 38.0 Å². The molecule has 1 fully saturated rings. The van der Waals surface area contributed by atoms with Crippen LogP contribution in [0.25, 0.3) is 0 Å². The second kappa shape index (κ2) is 8.94. The second-order valence-corrected chi connectivity index (χ2v) is 9.30. The summed E-state index contributed by atoms with van der Waals surface area (Å²) in [5.74, 6) is 0.937. The number of rotatable bonds is 5. The quantitative estimate of drug-likeness (QED) is 0.460. The number of ether oxygens (including phenoxy) is 3. The van der Waals surface area contributed by atoms with Gasteiger partial charge in [-0.05, 0) is 67.7 Å². The zero-order chi connectivity index (χ0) is 24.7. The maximum atomic E-state index is 13.9.